The molecule has 0 spiro atoms. The van der Waals surface area contributed by atoms with E-state index < -0.39 is 0 Å². The molecule has 5 heteroatoms. The van der Waals surface area contributed by atoms with Crippen LogP contribution in [0.25, 0.3) is 0 Å². The van der Waals surface area contributed by atoms with E-state index in [1.54, 1.807) is 12.3 Å². The van der Waals surface area contributed by atoms with Gasteiger partial charge in [-0.15, -0.1) is 0 Å². The number of hydrogen-bond donors (Lipinski definition) is 1. The van der Waals surface area contributed by atoms with Crippen LogP contribution in [-0.4, -0.2) is 36.0 Å². The van der Waals surface area contributed by atoms with E-state index >= 15 is 0 Å². The number of hydrogen-bond acceptors (Lipinski definition) is 4. The summed E-state index contributed by atoms with van der Waals surface area (Å²) in [6.07, 6.45) is 8.36. The van der Waals surface area contributed by atoms with Crippen LogP contribution in [0.5, 0.6) is 0 Å². The lowest BCUT2D eigenvalue weighted by atomic mass is 10.2. The molecule has 0 aliphatic heterocycles. The zero-order valence-electron chi connectivity index (χ0n) is 13.8. The number of unbranched alkanes of at least 4 members (excludes halogenated alkanes) is 1. The van der Waals surface area contributed by atoms with Gasteiger partial charge in [-0.05, 0) is 42.7 Å². The molecule has 0 aliphatic rings. The van der Waals surface area contributed by atoms with E-state index in [9.17, 15) is 4.79 Å². The molecule has 2 rings (SSSR count). The first-order valence-electron chi connectivity index (χ1n) is 8.05. The molecule has 2 heterocycles. The third-order valence-corrected chi connectivity index (χ3v) is 3.72. The zero-order chi connectivity index (χ0) is 16.5. The molecular weight excluding hydrogens is 288 g/mol. The number of likely N-dealkylation sites (N-methyl/N-ethyl adjacent to an activating group) is 1. The van der Waals surface area contributed by atoms with Crippen molar-refractivity contribution < 1.29 is 4.79 Å². The Morgan fingerprint density at radius 1 is 1.22 bits per heavy atom. The molecule has 0 unspecified atom stereocenters. The molecule has 0 saturated carbocycles. The van der Waals surface area contributed by atoms with Crippen LogP contribution in [0.4, 0.5) is 5.69 Å². The molecule has 0 fully saturated rings. The largest absolute Gasteiger partial charge is 0.373 e. The van der Waals surface area contributed by atoms with Crippen LogP contribution in [0.3, 0.4) is 0 Å². The molecule has 0 saturated heterocycles. The molecule has 1 amide bonds. The second-order valence-electron chi connectivity index (χ2n) is 5.54. The standard InChI is InChI=1S/C18H24N4O/c1-3-4-10-20-18(23)17-6-5-16(14-21-17)22(2)13-9-15-7-11-19-12-8-15/h5-8,11-12,14H,3-4,9-10,13H2,1-2H3,(H,20,23). The lowest BCUT2D eigenvalue weighted by molar-refractivity contribution is 0.0948. The van der Waals surface area contributed by atoms with Crippen molar-refractivity contribution in [3.8, 4) is 0 Å². The Balaban J connectivity index is 1.87. The van der Waals surface area contributed by atoms with E-state index in [1.165, 1.54) is 5.56 Å². The molecule has 2 aromatic heterocycles. The number of nitrogens with one attached hydrogen (secondary N) is 1. The molecule has 0 bridgehead atoms. The van der Waals surface area contributed by atoms with Crippen LogP contribution >= 0.6 is 0 Å². The average molecular weight is 312 g/mol. The van der Waals surface area contributed by atoms with Crippen molar-refractivity contribution in [3.05, 3.63) is 54.1 Å². The summed E-state index contributed by atoms with van der Waals surface area (Å²) >= 11 is 0. The lowest BCUT2D eigenvalue weighted by Gasteiger charge is -2.19. The Morgan fingerprint density at radius 2 is 2.00 bits per heavy atom. The summed E-state index contributed by atoms with van der Waals surface area (Å²) < 4.78 is 0. The molecule has 0 radical (unpaired) electrons. The zero-order valence-corrected chi connectivity index (χ0v) is 13.8. The lowest BCUT2D eigenvalue weighted by Crippen LogP contribution is -2.25. The van der Waals surface area contributed by atoms with E-state index in [1.807, 2.05) is 37.6 Å². The number of carbonyl (C=O) groups excluding carboxylic acids is 1. The van der Waals surface area contributed by atoms with Crippen LogP contribution < -0.4 is 10.2 Å². The van der Waals surface area contributed by atoms with Gasteiger partial charge in [0, 0.05) is 32.5 Å². The monoisotopic (exact) mass is 312 g/mol. The molecule has 2 aromatic rings. The SMILES string of the molecule is CCCCNC(=O)c1ccc(N(C)CCc2ccncc2)cn1. The highest BCUT2D eigenvalue weighted by Gasteiger charge is 2.08. The third-order valence-electron chi connectivity index (χ3n) is 3.72. The van der Waals surface area contributed by atoms with Gasteiger partial charge in [0.1, 0.15) is 5.69 Å². The van der Waals surface area contributed by atoms with Crippen molar-refractivity contribution in [2.75, 3.05) is 25.0 Å². The van der Waals surface area contributed by atoms with Crippen LogP contribution in [0, 0.1) is 0 Å². The fourth-order valence-corrected chi connectivity index (χ4v) is 2.19. The molecule has 23 heavy (non-hydrogen) atoms. The van der Waals surface area contributed by atoms with Crippen molar-refractivity contribution in [2.45, 2.75) is 26.2 Å². The number of pyridine rings is 2. The molecule has 0 atom stereocenters. The number of anilines is 1. The predicted molar refractivity (Wildman–Crippen MR) is 92.7 cm³/mol. The minimum absolute atomic E-state index is 0.107. The van der Waals surface area contributed by atoms with Gasteiger partial charge in [0.25, 0.3) is 5.91 Å². The summed E-state index contributed by atoms with van der Waals surface area (Å²) in [6.45, 7) is 3.68. The predicted octanol–water partition coefficient (Wildman–Crippen LogP) is 2.69. The first-order chi connectivity index (χ1) is 11.2. The minimum Gasteiger partial charge on any atom is -0.373 e. The van der Waals surface area contributed by atoms with Gasteiger partial charge in [-0.2, -0.15) is 0 Å². The Labute approximate surface area is 137 Å². The highest BCUT2D eigenvalue weighted by atomic mass is 16.1. The topological polar surface area (TPSA) is 58.1 Å². The molecule has 5 nitrogen and oxygen atoms in total. The number of aromatic nitrogens is 2. The summed E-state index contributed by atoms with van der Waals surface area (Å²) in [4.78, 5) is 22.3. The van der Waals surface area contributed by atoms with Crippen LogP contribution in [0.2, 0.25) is 0 Å². The normalized spacial score (nSPS) is 10.3. The Morgan fingerprint density at radius 3 is 2.65 bits per heavy atom. The first-order valence-corrected chi connectivity index (χ1v) is 8.05. The van der Waals surface area contributed by atoms with Crippen molar-refractivity contribution in [1.82, 2.24) is 15.3 Å². The summed E-state index contributed by atoms with van der Waals surface area (Å²) in [5.41, 5.74) is 2.73. The van der Waals surface area contributed by atoms with E-state index in [0.717, 1.165) is 31.5 Å². The fraction of sp³-hybridized carbons (Fsp3) is 0.389. The van der Waals surface area contributed by atoms with Gasteiger partial charge < -0.3 is 10.2 Å². The maximum absolute atomic E-state index is 11.9. The summed E-state index contributed by atoms with van der Waals surface area (Å²) in [5, 5.41) is 2.87. The van der Waals surface area contributed by atoms with Crippen molar-refractivity contribution >= 4 is 11.6 Å². The van der Waals surface area contributed by atoms with Crippen LogP contribution in [-0.2, 0) is 6.42 Å². The second kappa shape index (κ2) is 8.88. The molecule has 0 aliphatic carbocycles. The number of carbonyl (C=O) groups is 1. The highest BCUT2D eigenvalue weighted by Crippen LogP contribution is 2.12. The number of nitrogens with zero attached hydrogens (tertiary/aromatic N) is 3. The fourth-order valence-electron chi connectivity index (χ4n) is 2.19. The smallest absolute Gasteiger partial charge is 0.269 e. The molecule has 122 valence electrons. The minimum atomic E-state index is -0.107. The maximum Gasteiger partial charge on any atom is 0.269 e. The average Bonchev–Trinajstić information content (AvgIpc) is 2.61. The number of amides is 1. The van der Waals surface area contributed by atoms with E-state index in [0.29, 0.717) is 12.2 Å². The quantitative estimate of drug-likeness (QED) is 0.761. The second-order valence-corrected chi connectivity index (χ2v) is 5.54. The van der Waals surface area contributed by atoms with Gasteiger partial charge in [-0.3, -0.25) is 9.78 Å². The highest BCUT2D eigenvalue weighted by molar-refractivity contribution is 5.92. The Hall–Kier alpha value is -2.43. The summed E-state index contributed by atoms with van der Waals surface area (Å²) in [5.74, 6) is -0.107. The molecular formula is C18H24N4O. The van der Waals surface area contributed by atoms with Gasteiger partial charge in [0.15, 0.2) is 0 Å². The summed E-state index contributed by atoms with van der Waals surface area (Å²) in [6, 6.07) is 7.76. The summed E-state index contributed by atoms with van der Waals surface area (Å²) in [7, 11) is 2.03. The third kappa shape index (κ3) is 5.36. The van der Waals surface area contributed by atoms with Gasteiger partial charge in [-0.1, -0.05) is 13.3 Å². The number of rotatable bonds is 8. The molecule has 1 N–H and O–H groups in total. The van der Waals surface area contributed by atoms with Gasteiger partial charge >= 0.3 is 0 Å². The molecule has 0 aromatic carbocycles. The van der Waals surface area contributed by atoms with Crippen molar-refractivity contribution in [1.29, 1.82) is 0 Å². The van der Waals surface area contributed by atoms with Gasteiger partial charge in [0.05, 0.1) is 11.9 Å². The maximum atomic E-state index is 11.9. The van der Waals surface area contributed by atoms with Crippen molar-refractivity contribution in [3.63, 3.8) is 0 Å². The van der Waals surface area contributed by atoms with E-state index in [2.05, 4.69) is 27.1 Å². The Kier molecular flexibility index (Phi) is 6.54. The van der Waals surface area contributed by atoms with Gasteiger partial charge in [-0.25, -0.2) is 4.98 Å². The van der Waals surface area contributed by atoms with Crippen LogP contribution in [0.15, 0.2) is 42.9 Å². The van der Waals surface area contributed by atoms with E-state index in [-0.39, 0.29) is 5.91 Å². The first kappa shape index (κ1) is 16.9. The van der Waals surface area contributed by atoms with E-state index in [4.69, 9.17) is 0 Å². The Bertz CT molecular complexity index is 598. The van der Waals surface area contributed by atoms with Crippen molar-refractivity contribution in [2.24, 2.45) is 0 Å². The van der Waals surface area contributed by atoms with Crippen LogP contribution in [0.1, 0.15) is 35.8 Å². The van der Waals surface area contributed by atoms with Gasteiger partial charge in [0.2, 0.25) is 0 Å².